The molecular weight excluding hydrogens is 318 g/mol. The molecule has 5 rings (SSSR count). The topological polar surface area (TPSA) is 80.3 Å². The fraction of sp³-hybridized carbons (Fsp3) is 0.562. The average Bonchev–Trinajstić information content (AvgIpc) is 3.20. The molecule has 1 saturated carbocycles. The van der Waals surface area contributed by atoms with Crippen molar-refractivity contribution in [2.24, 2.45) is 0 Å². The first-order valence-electron chi connectivity index (χ1n) is 8.71. The summed E-state index contributed by atoms with van der Waals surface area (Å²) >= 11 is 0. The average molecular weight is 339 g/mol. The number of aryl methyl sites for hydroxylation is 1. The molecule has 0 atom stereocenters. The van der Waals surface area contributed by atoms with E-state index in [0.717, 1.165) is 42.7 Å². The van der Waals surface area contributed by atoms with Crippen molar-refractivity contribution in [2.45, 2.75) is 38.4 Å². The van der Waals surface area contributed by atoms with Gasteiger partial charge in [-0.05, 0) is 38.9 Å². The molecule has 1 aliphatic heterocycles. The first-order valence-corrected chi connectivity index (χ1v) is 8.71. The molecule has 9 nitrogen and oxygen atoms in total. The lowest BCUT2D eigenvalue weighted by Crippen LogP contribution is -2.58. The van der Waals surface area contributed by atoms with Crippen molar-refractivity contribution >= 4 is 11.5 Å². The number of aromatic nitrogens is 7. The van der Waals surface area contributed by atoms with Crippen molar-refractivity contribution in [3.8, 4) is 0 Å². The SMILES string of the molecule is Cc1nnc2ccc(N3CC(N(C)Cc4nncn4C4CC4)C3)nn12. The van der Waals surface area contributed by atoms with E-state index in [1.807, 2.05) is 25.4 Å². The van der Waals surface area contributed by atoms with Crippen LogP contribution < -0.4 is 4.90 Å². The lowest BCUT2D eigenvalue weighted by atomic mass is 10.1. The molecule has 2 aliphatic rings. The molecule has 3 aromatic heterocycles. The quantitative estimate of drug-likeness (QED) is 0.676. The predicted octanol–water partition coefficient (Wildman–Crippen LogP) is 0.680. The Kier molecular flexibility index (Phi) is 3.24. The Hall–Kier alpha value is -2.55. The first-order chi connectivity index (χ1) is 12.2. The summed E-state index contributed by atoms with van der Waals surface area (Å²) in [5.41, 5.74) is 0.787. The standard InChI is InChI=1S/C16H21N9/c1-11-18-20-14-5-6-15(21-25(11)14)23-7-13(8-23)22(2)9-16-19-17-10-24(16)12-3-4-12/h5-6,10,12-13H,3-4,7-9H2,1-2H3. The second-order valence-electron chi connectivity index (χ2n) is 7.07. The first kappa shape index (κ1) is 14.8. The normalized spacial score (nSPS) is 18.3. The van der Waals surface area contributed by atoms with Gasteiger partial charge in [0.05, 0.1) is 6.54 Å². The van der Waals surface area contributed by atoms with Gasteiger partial charge in [0, 0.05) is 25.2 Å². The van der Waals surface area contributed by atoms with Crippen molar-refractivity contribution < 1.29 is 0 Å². The maximum atomic E-state index is 4.64. The van der Waals surface area contributed by atoms with Crippen LogP contribution in [-0.2, 0) is 6.54 Å². The second-order valence-corrected chi connectivity index (χ2v) is 7.07. The summed E-state index contributed by atoms with van der Waals surface area (Å²) < 4.78 is 4.03. The number of nitrogens with zero attached hydrogens (tertiary/aromatic N) is 9. The molecule has 0 spiro atoms. The molecule has 0 amide bonds. The van der Waals surface area contributed by atoms with Crippen molar-refractivity contribution in [1.82, 2.24) is 39.5 Å². The Balaban J connectivity index is 1.24. The largest absolute Gasteiger partial charge is 0.352 e. The minimum Gasteiger partial charge on any atom is -0.352 e. The molecule has 1 aliphatic carbocycles. The van der Waals surface area contributed by atoms with Crippen molar-refractivity contribution in [1.29, 1.82) is 0 Å². The van der Waals surface area contributed by atoms with Crippen LogP contribution in [0.3, 0.4) is 0 Å². The Bertz CT molecular complexity index is 903. The third-order valence-electron chi connectivity index (χ3n) is 5.19. The van der Waals surface area contributed by atoms with Gasteiger partial charge in [0.25, 0.3) is 0 Å². The third-order valence-corrected chi connectivity index (χ3v) is 5.19. The summed E-state index contributed by atoms with van der Waals surface area (Å²) in [6.07, 6.45) is 4.37. The molecule has 0 aromatic carbocycles. The smallest absolute Gasteiger partial charge is 0.178 e. The maximum Gasteiger partial charge on any atom is 0.178 e. The monoisotopic (exact) mass is 339 g/mol. The van der Waals surface area contributed by atoms with Crippen LogP contribution in [0.15, 0.2) is 18.5 Å². The Morgan fingerprint density at radius 2 is 2.00 bits per heavy atom. The summed E-state index contributed by atoms with van der Waals surface area (Å²) in [6.45, 7) is 4.69. The summed E-state index contributed by atoms with van der Waals surface area (Å²) in [6, 6.07) is 5.11. The Morgan fingerprint density at radius 1 is 1.16 bits per heavy atom. The number of fused-ring (bicyclic) bond motifs is 1. The fourth-order valence-electron chi connectivity index (χ4n) is 3.37. The van der Waals surface area contributed by atoms with Crippen LogP contribution in [-0.4, -0.2) is 65.7 Å². The van der Waals surface area contributed by atoms with Crippen LogP contribution >= 0.6 is 0 Å². The molecule has 130 valence electrons. The fourth-order valence-corrected chi connectivity index (χ4v) is 3.37. The molecule has 3 aromatic rings. The number of hydrogen-bond donors (Lipinski definition) is 0. The van der Waals surface area contributed by atoms with E-state index in [-0.39, 0.29) is 0 Å². The molecule has 25 heavy (non-hydrogen) atoms. The van der Waals surface area contributed by atoms with Gasteiger partial charge in [-0.3, -0.25) is 4.90 Å². The minimum atomic E-state index is 0.504. The summed E-state index contributed by atoms with van der Waals surface area (Å²) in [7, 11) is 2.16. The highest BCUT2D eigenvalue weighted by Crippen LogP contribution is 2.35. The number of likely N-dealkylation sites (N-methyl/N-ethyl adjacent to an activating group) is 1. The number of hydrogen-bond acceptors (Lipinski definition) is 7. The lowest BCUT2D eigenvalue weighted by molar-refractivity contribution is 0.190. The zero-order chi connectivity index (χ0) is 17.0. The van der Waals surface area contributed by atoms with E-state index in [1.165, 1.54) is 12.8 Å². The molecule has 0 unspecified atom stereocenters. The second kappa shape index (κ2) is 5.48. The van der Waals surface area contributed by atoms with Crippen molar-refractivity contribution in [3.05, 3.63) is 30.1 Å². The van der Waals surface area contributed by atoms with E-state index >= 15 is 0 Å². The Morgan fingerprint density at radius 3 is 2.80 bits per heavy atom. The van der Waals surface area contributed by atoms with Crippen molar-refractivity contribution in [3.63, 3.8) is 0 Å². The van der Waals surface area contributed by atoms with E-state index in [0.29, 0.717) is 12.1 Å². The van der Waals surface area contributed by atoms with Crippen LogP contribution in [0.5, 0.6) is 0 Å². The van der Waals surface area contributed by atoms with Crippen LogP contribution in [0.2, 0.25) is 0 Å². The third kappa shape index (κ3) is 2.55. The zero-order valence-corrected chi connectivity index (χ0v) is 14.4. The van der Waals surface area contributed by atoms with Crippen molar-refractivity contribution in [2.75, 3.05) is 25.0 Å². The van der Waals surface area contributed by atoms with Gasteiger partial charge < -0.3 is 9.47 Å². The summed E-state index contributed by atoms with van der Waals surface area (Å²) in [5.74, 6) is 2.86. The van der Waals surface area contributed by atoms with Crippen LogP contribution in [0.4, 0.5) is 5.82 Å². The van der Waals surface area contributed by atoms with Gasteiger partial charge in [0.2, 0.25) is 0 Å². The summed E-state index contributed by atoms with van der Waals surface area (Å²) in [5, 5.41) is 21.2. The van der Waals surface area contributed by atoms with Gasteiger partial charge in [-0.25, -0.2) is 0 Å². The van der Waals surface area contributed by atoms with E-state index in [2.05, 4.69) is 46.9 Å². The molecule has 0 N–H and O–H groups in total. The number of anilines is 1. The van der Waals surface area contributed by atoms with E-state index < -0.39 is 0 Å². The molecular formula is C16H21N9. The van der Waals surface area contributed by atoms with Gasteiger partial charge in [0.1, 0.15) is 18.0 Å². The predicted molar refractivity (Wildman–Crippen MR) is 91.3 cm³/mol. The lowest BCUT2D eigenvalue weighted by Gasteiger charge is -2.44. The van der Waals surface area contributed by atoms with Crippen LogP contribution in [0.25, 0.3) is 5.65 Å². The van der Waals surface area contributed by atoms with Gasteiger partial charge in [0.15, 0.2) is 11.5 Å². The Labute approximate surface area is 145 Å². The van der Waals surface area contributed by atoms with Crippen LogP contribution in [0.1, 0.15) is 30.5 Å². The van der Waals surface area contributed by atoms with Gasteiger partial charge in [-0.15, -0.1) is 25.5 Å². The van der Waals surface area contributed by atoms with Gasteiger partial charge in [-0.2, -0.15) is 4.52 Å². The van der Waals surface area contributed by atoms with E-state index in [4.69, 9.17) is 0 Å². The minimum absolute atomic E-state index is 0.504. The van der Waals surface area contributed by atoms with Gasteiger partial charge in [-0.1, -0.05) is 0 Å². The summed E-state index contributed by atoms with van der Waals surface area (Å²) in [4.78, 5) is 4.65. The van der Waals surface area contributed by atoms with Gasteiger partial charge >= 0.3 is 0 Å². The van der Waals surface area contributed by atoms with Crippen LogP contribution in [0, 0.1) is 6.92 Å². The molecule has 0 bridgehead atoms. The molecule has 0 radical (unpaired) electrons. The zero-order valence-electron chi connectivity index (χ0n) is 14.4. The molecule has 2 fully saturated rings. The maximum absolute atomic E-state index is 4.64. The highest BCUT2D eigenvalue weighted by molar-refractivity contribution is 5.47. The highest BCUT2D eigenvalue weighted by Gasteiger charge is 2.33. The molecule has 4 heterocycles. The molecule has 9 heteroatoms. The number of rotatable bonds is 5. The van der Waals surface area contributed by atoms with E-state index in [1.54, 1.807) is 4.52 Å². The highest BCUT2D eigenvalue weighted by atomic mass is 15.4. The van der Waals surface area contributed by atoms with E-state index in [9.17, 15) is 0 Å². The molecule has 1 saturated heterocycles.